The summed E-state index contributed by atoms with van der Waals surface area (Å²) in [4.78, 5) is 0. The second kappa shape index (κ2) is 5.97. The molecule has 0 fully saturated rings. The van der Waals surface area contributed by atoms with Crippen molar-refractivity contribution < 1.29 is 4.74 Å². The van der Waals surface area contributed by atoms with E-state index < -0.39 is 0 Å². The largest absolute Gasteiger partial charge is 0.493 e. The molecule has 0 unspecified atom stereocenters. The second-order valence-corrected chi connectivity index (χ2v) is 4.86. The predicted octanol–water partition coefficient (Wildman–Crippen LogP) is 3.20. The zero-order chi connectivity index (χ0) is 13.8. The van der Waals surface area contributed by atoms with Gasteiger partial charge in [0.25, 0.3) is 0 Å². The highest BCUT2D eigenvalue weighted by molar-refractivity contribution is 6.31. The smallest absolute Gasteiger partial charge is 0.121 e. The number of nitrogens with zero attached hydrogens (tertiary/aromatic N) is 2. The lowest BCUT2D eigenvalue weighted by Gasteiger charge is -2.07. The molecule has 5 heteroatoms. The standard InChI is InChI=1S/C14H18ClN3O/c1-10-14(15)11(2)18(17-10)7-4-8-19-13-6-3-5-12(16)9-13/h3,5-6,9H,4,7-8,16H2,1-2H3. The molecular weight excluding hydrogens is 262 g/mol. The van der Waals surface area contributed by atoms with E-state index >= 15 is 0 Å². The molecule has 0 atom stereocenters. The van der Waals surface area contributed by atoms with Gasteiger partial charge in [0.1, 0.15) is 5.75 Å². The summed E-state index contributed by atoms with van der Waals surface area (Å²) in [6, 6.07) is 7.44. The molecule has 0 radical (unpaired) electrons. The molecule has 0 spiro atoms. The number of hydrogen-bond acceptors (Lipinski definition) is 3. The van der Waals surface area contributed by atoms with Crippen molar-refractivity contribution in [1.29, 1.82) is 0 Å². The van der Waals surface area contributed by atoms with E-state index in [1.165, 1.54) is 0 Å². The summed E-state index contributed by atoms with van der Waals surface area (Å²) in [5.74, 6) is 0.798. The first-order valence-corrected chi connectivity index (χ1v) is 6.63. The Labute approximate surface area is 118 Å². The zero-order valence-corrected chi connectivity index (χ0v) is 11.9. The topological polar surface area (TPSA) is 53.1 Å². The Hall–Kier alpha value is -1.68. The van der Waals surface area contributed by atoms with Crippen molar-refractivity contribution in [2.24, 2.45) is 0 Å². The third-order valence-corrected chi connectivity index (χ3v) is 3.48. The highest BCUT2D eigenvalue weighted by atomic mass is 35.5. The fourth-order valence-corrected chi connectivity index (χ4v) is 2.04. The quantitative estimate of drug-likeness (QED) is 0.675. The molecule has 19 heavy (non-hydrogen) atoms. The molecule has 0 saturated carbocycles. The van der Waals surface area contributed by atoms with Gasteiger partial charge in [-0.3, -0.25) is 4.68 Å². The summed E-state index contributed by atoms with van der Waals surface area (Å²) >= 11 is 6.10. The molecule has 102 valence electrons. The number of aryl methyl sites for hydroxylation is 2. The van der Waals surface area contributed by atoms with E-state index in [9.17, 15) is 0 Å². The molecule has 2 N–H and O–H groups in total. The number of halogens is 1. The molecular formula is C14H18ClN3O. The summed E-state index contributed by atoms with van der Waals surface area (Å²) in [5, 5.41) is 5.12. The molecule has 1 aromatic carbocycles. The van der Waals surface area contributed by atoms with Gasteiger partial charge in [0, 0.05) is 24.7 Å². The van der Waals surface area contributed by atoms with Crippen molar-refractivity contribution in [3.05, 3.63) is 40.7 Å². The monoisotopic (exact) mass is 279 g/mol. The van der Waals surface area contributed by atoms with Gasteiger partial charge < -0.3 is 10.5 Å². The summed E-state index contributed by atoms with van der Waals surface area (Å²) in [6.07, 6.45) is 0.868. The van der Waals surface area contributed by atoms with Gasteiger partial charge in [0.2, 0.25) is 0 Å². The van der Waals surface area contributed by atoms with Crippen LogP contribution in [-0.2, 0) is 6.54 Å². The number of nitrogen functional groups attached to an aromatic ring is 1. The highest BCUT2D eigenvalue weighted by Crippen LogP contribution is 2.19. The number of hydrogen-bond donors (Lipinski definition) is 1. The van der Waals surface area contributed by atoms with Gasteiger partial charge >= 0.3 is 0 Å². The van der Waals surface area contributed by atoms with Gasteiger partial charge in [-0.25, -0.2) is 0 Å². The molecule has 1 heterocycles. The summed E-state index contributed by atoms with van der Waals surface area (Å²) in [5.41, 5.74) is 8.27. The van der Waals surface area contributed by atoms with E-state index in [2.05, 4.69) is 5.10 Å². The normalized spacial score (nSPS) is 10.7. The lowest BCUT2D eigenvalue weighted by Crippen LogP contribution is -2.07. The van der Waals surface area contributed by atoms with Gasteiger partial charge in [0.05, 0.1) is 23.0 Å². The molecule has 0 aliphatic rings. The van der Waals surface area contributed by atoms with Crippen LogP contribution in [-0.4, -0.2) is 16.4 Å². The number of rotatable bonds is 5. The Bertz CT molecular complexity index is 566. The first kappa shape index (κ1) is 13.7. The number of ether oxygens (including phenoxy) is 1. The average Bonchev–Trinajstić information content (AvgIpc) is 2.62. The minimum absolute atomic E-state index is 0.624. The Morgan fingerprint density at radius 1 is 1.37 bits per heavy atom. The van der Waals surface area contributed by atoms with Crippen molar-refractivity contribution in [3.63, 3.8) is 0 Å². The zero-order valence-electron chi connectivity index (χ0n) is 11.2. The molecule has 0 aliphatic heterocycles. The molecule has 2 rings (SSSR count). The fraction of sp³-hybridized carbons (Fsp3) is 0.357. The molecule has 0 aliphatic carbocycles. The third kappa shape index (κ3) is 3.41. The average molecular weight is 280 g/mol. The van der Waals surface area contributed by atoms with E-state index in [0.717, 1.165) is 35.1 Å². The molecule has 0 saturated heterocycles. The third-order valence-electron chi connectivity index (χ3n) is 2.93. The van der Waals surface area contributed by atoms with Crippen LogP contribution in [0.25, 0.3) is 0 Å². The first-order valence-electron chi connectivity index (χ1n) is 6.26. The van der Waals surface area contributed by atoms with Crippen LogP contribution in [0.3, 0.4) is 0 Å². The number of anilines is 1. The highest BCUT2D eigenvalue weighted by Gasteiger charge is 2.08. The maximum absolute atomic E-state index is 6.10. The fourth-order valence-electron chi connectivity index (χ4n) is 1.90. The van der Waals surface area contributed by atoms with Crippen molar-refractivity contribution in [3.8, 4) is 5.75 Å². The van der Waals surface area contributed by atoms with Crippen LogP contribution in [0.5, 0.6) is 5.75 Å². The SMILES string of the molecule is Cc1nn(CCCOc2cccc(N)c2)c(C)c1Cl. The van der Waals surface area contributed by atoms with Crippen LogP contribution >= 0.6 is 11.6 Å². The maximum Gasteiger partial charge on any atom is 0.121 e. The number of benzene rings is 1. The van der Waals surface area contributed by atoms with Crippen LogP contribution in [0.15, 0.2) is 24.3 Å². The first-order chi connectivity index (χ1) is 9.08. The second-order valence-electron chi connectivity index (χ2n) is 4.48. The van der Waals surface area contributed by atoms with Gasteiger partial charge in [-0.2, -0.15) is 5.10 Å². The van der Waals surface area contributed by atoms with Crippen LogP contribution < -0.4 is 10.5 Å². The molecule has 2 aromatic rings. The summed E-state index contributed by atoms with van der Waals surface area (Å²) in [7, 11) is 0. The number of aromatic nitrogens is 2. The van der Waals surface area contributed by atoms with E-state index in [1.807, 2.05) is 42.8 Å². The van der Waals surface area contributed by atoms with E-state index in [4.69, 9.17) is 22.1 Å². The predicted molar refractivity (Wildman–Crippen MR) is 77.7 cm³/mol. The molecule has 0 bridgehead atoms. The molecule has 0 amide bonds. The molecule has 1 aromatic heterocycles. The summed E-state index contributed by atoms with van der Waals surface area (Å²) in [6.45, 7) is 5.30. The van der Waals surface area contributed by atoms with E-state index in [-0.39, 0.29) is 0 Å². The lowest BCUT2D eigenvalue weighted by atomic mass is 10.3. The minimum Gasteiger partial charge on any atom is -0.493 e. The molecule has 4 nitrogen and oxygen atoms in total. The Morgan fingerprint density at radius 2 is 2.16 bits per heavy atom. The van der Waals surface area contributed by atoms with E-state index in [1.54, 1.807) is 0 Å². The van der Waals surface area contributed by atoms with Gasteiger partial charge in [0.15, 0.2) is 0 Å². The Balaban J connectivity index is 1.82. The minimum atomic E-state index is 0.624. The van der Waals surface area contributed by atoms with Crippen LogP contribution in [0.2, 0.25) is 5.02 Å². The van der Waals surface area contributed by atoms with Crippen molar-refractivity contribution in [2.45, 2.75) is 26.8 Å². The van der Waals surface area contributed by atoms with E-state index in [0.29, 0.717) is 12.3 Å². The maximum atomic E-state index is 6.10. The number of nitrogens with two attached hydrogens (primary N) is 1. The van der Waals surface area contributed by atoms with Crippen LogP contribution in [0, 0.1) is 13.8 Å². The summed E-state index contributed by atoms with van der Waals surface area (Å²) < 4.78 is 7.55. The van der Waals surface area contributed by atoms with Crippen molar-refractivity contribution in [1.82, 2.24) is 9.78 Å². The van der Waals surface area contributed by atoms with Crippen molar-refractivity contribution in [2.75, 3.05) is 12.3 Å². The van der Waals surface area contributed by atoms with Crippen molar-refractivity contribution >= 4 is 17.3 Å². The Morgan fingerprint density at radius 3 is 2.79 bits per heavy atom. The van der Waals surface area contributed by atoms with Gasteiger partial charge in [-0.15, -0.1) is 0 Å². The lowest BCUT2D eigenvalue weighted by molar-refractivity contribution is 0.298. The van der Waals surface area contributed by atoms with Gasteiger partial charge in [-0.1, -0.05) is 17.7 Å². The van der Waals surface area contributed by atoms with Crippen LogP contribution in [0.1, 0.15) is 17.8 Å². The van der Waals surface area contributed by atoms with Gasteiger partial charge in [-0.05, 0) is 26.0 Å². The Kier molecular flexibility index (Phi) is 4.32. The van der Waals surface area contributed by atoms with Crippen LogP contribution in [0.4, 0.5) is 5.69 Å².